The molecule has 2 amide bonds. The fraction of sp³-hybridized carbons (Fsp3) is 0.476. The average molecular weight is 383 g/mol. The zero-order chi connectivity index (χ0) is 19.5. The van der Waals surface area contributed by atoms with Crippen LogP contribution in [0.25, 0.3) is 10.9 Å². The van der Waals surface area contributed by atoms with Gasteiger partial charge < -0.3 is 19.5 Å². The molecule has 1 N–H and O–H groups in total. The lowest BCUT2D eigenvalue weighted by Gasteiger charge is -2.15. The SMILES string of the molecule is O=C(NC[C@H]1CCCO1)C(=O)c1cn(CC(=O)N2CCCC2)c2ccccc12. The summed E-state index contributed by atoms with van der Waals surface area (Å²) < 4.78 is 7.26. The molecule has 1 atom stereocenters. The number of rotatable bonds is 6. The van der Waals surface area contributed by atoms with Crippen LogP contribution in [0, 0.1) is 0 Å². The van der Waals surface area contributed by atoms with Crippen LogP contribution in [-0.2, 0) is 20.9 Å². The number of nitrogens with zero attached hydrogens (tertiary/aromatic N) is 2. The topological polar surface area (TPSA) is 80.6 Å². The van der Waals surface area contributed by atoms with Crippen molar-refractivity contribution in [3.63, 3.8) is 0 Å². The van der Waals surface area contributed by atoms with Gasteiger partial charge in [-0.05, 0) is 31.7 Å². The Morgan fingerprint density at radius 2 is 1.89 bits per heavy atom. The summed E-state index contributed by atoms with van der Waals surface area (Å²) in [6, 6.07) is 7.38. The van der Waals surface area contributed by atoms with Gasteiger partial charge in [0.05, 0.1) is 11.7 Å². The van der Waals surface area contributed by atoms with Gasteiger partial charge in [0.1, 0.15) is 6.54 Å². The first kappa shape index (κ1) is 18.7. The minimum Gasteiger partial charge on any atom is -0.376 e. The second kappa shape index (κ2) is 8.14. The van der Waals surface area contributed by atoms with Crippen LogP contribution in [0.3, 0.4) is 0 Å². The van der Waals surface area contributed by atoms with Crippen molar-refractivity contribution in [3.8, 4) is 0 Å². The first-order valence-corrected chi connectivity index (χ1v) is 9.93. The number of ether oxygens (including phenoxy) is 1. The van der Waals surface area contributed by atoms with Gasteiger partial charge in [0.2, 0.25) is 5.91 Å². The molecule has 148 valence electrons. The number of carbonyl (C=O) groups is 3. The molecule has 3 heterocycles. The van der Waals surface area contributed by atoms with E-state index in [4.69, 9.17) is 4.74 Å². The predicted octanol–water partition coefficient (Wildman–Crippen LogP) is 1.74. The van der Waals surface area contributed by atoms with Crippen molar-refractivity contribution in [1.29, 1.82) is 0 Å². The van der Waals surface area contributed by atoms with Crippen molar-refractivity contribution in [1.82, 2.24) is 14.8 Å². The molecular formula is C21H25N3O4. The number of Topliss-reactive ketones (excluding diaryl/α,β-unsaturated/α-hetero) is 1. The molecule has 2 aliphatic heterocycles. The van der Waals surface area contributed by atoms with E-state index in [1.807, 2.05) is 29.2 Å². The second-order valence-corrected chi connectivity index (χ2v) is 7.45. The Bertz CT molecular complexity index is 892. The van der Waals surface area contributed by atoms with Crippen molar-refractivity contribution < 1.29 is 19.1 Å². The van der Waals surface area contributed by atoms with E-state index in [2.05, 4.69) is 5.32 Å². The monoisotopic (exact) mass is 383 g/mol. The van der Waals surface area contributed by atoms with Crippen molar-refractivity contribution in [2.45, 2.75) is 38.3 Å². The minimum absolute atomic E-state index is 0.0174. The quantitative estimate of drug-likeness (QED) is 0.609. The molecule has 0 bridgehead atoms. The first-order chi connectivity index (χ1) is 13.6. The largest absolute Gasteiger partial charge is 0.376 e. The maximum Gasteiger partial charge on any atom is 0.292 e. The Labute approximate surface area is 163 Å². The Hall–Kier alpha value is -2.67. The summed E-state index contributed by atoms with van der Waals surface area (Å²) in [6.07, 6.45) is 5.56. The molecule has 2 aromatic rings. The van der Waals surface area contributed by atoms with Crippen molar-refractivity contribution in [2.75, 3.05) is 26.2 Å². The van der Waals surface area contributed by atoms with E-state index in [-0.39, 0.29) is 18.6 Å². The standard InChI is InChI=1S/C21H25N3O4/c25-19(23-9-3-4-10-23)14-24-13-17(16-7-1-2-8-18(16)24)20(26)21(27)22-12-15-6-5-11-28-15/h1-2,7-8,13,15H,3-6,9-12,14H2,(H,22,27)/t15-/m1/s1. The number of benzene rings is 1. The number of amides is 2. The van der Waals surface area contributed by atoms with Crippen molar-refractivity contribution in [3.05, 3.63) is 36.0 Å². The fourth-order valence-corrected chi connectivity index (χ4v) is 3.99. The molecule has 1 aromatic heterocycles. The number of nitrogens with one attached hydrogen (secondary N) is 1. The second-order valence-electron chi connectivity index (χ2n) is 7.45. The fourth-order valence-electron chi connectivity index (χ4n) is 3.99. The highest BCUT2D eigenvalue weighted by Crippen LogP contribution is 2.23. The first-order valence-electron chi connectivity index (χ1n) is 9.93. The molecule has 2 aliphatic rings. The third kappa shape index (κ3) is 3.80. The molecule has 0 radical (unpaired) electrons. The zero-order valence-electron chi connectivity index (χ0n) is 15.9. The van der Waals surface area contributed by atoms with Crippen molar-refractivity contribution in [2.24, 2.45) is 0 Å². The number of para-hydroxylation sites is 1. The Morgan fingerprint density at radius 3 is 2.64 bits per heavy atom. The summed E-state index contributed by atoms with van der Waals surface area (Å²) >= 11 is 0. The van der Waals surface area contributed by atoms with Crippen molar-refractivity contribution >= 4 is 28.5 Å². The Balaban J connectivity index is 1.52. The maximum absolute atomic E-state index is 12.8. The molecule has 28 heavy (non-hydrogen) atoms. The van der Waals surface area contributed by atoms with E-state index in [0.29, 0.717) is 24.1 Å². The van der Waals surface area contributed by atoms with Crippen LogP contribution in [0.1, 0.15) is 36.0 Å². The van der Waals surface area contributed by atoms with Crippen LogP contribution in [0.2, 0.25) is 0 Å². The summed E-state index contributed by atoms with van der Waals surface area (Å²) in [7, 11) is 0. The molecule has 4 rings (SSSR count). The Morgan fingerprint density at radius 1 is 1.11 bits per heavy atom. The molecule has 7 heteroatoms. The summed E-state index contributed by atoms with van der Waals surface area (Å²) in [5.41, 5.74) is 1.11. The average Bonchev–Trinajstić information content (AvgIpc) is 3.46. The number of likely N-dealkylation sites (tertiary alicyclic amines) is 1. The molecule has 0 aliphatic carbocycles. The van der Waals surface area contributed by atoms with Crippen LogP contribution >= 0.6 is 0 Å². The molecule has 0 saturated carbocycles. The van der Waals surface area contributed by atoms with Crippen LogP contribution in [0.4, 0.5) is 0 Å². The van der Waals surface area contributed by atoms with Gasteiger partial charge in [-0.25, -0.2) is 0 Å². The highest BCUT2D eigenvalue weighted by molar-refractivity contribution is 6.45. The normalized spacial score (nSPS) is 19.3. The summed E-state index contributed by atoms with van der Waals surface area (Å²) in [5.74, 6) is -1.18. The van der Waals surface area contributed by atoms with Gasteiger partial charge in [0.15, 0.2) is 0 Å². The van der Waals surface area contributed by atoms with Gasteiger partial charge in [-0.3, -0.25) is 14.4 Å². The van der Waals surface area contributed by atoms with Gasteiger partial charge >= 0.3 is 0 Å². The van der Waals surface area contributed by atoms with Crippen LogP contribution in [0.5, 0.6) is 0 Å². The van der Waals surface area contributed by atoms with Gasteiger partial charge in [-0.2, -0.15) is 0 Å². The Kier molecular flexibility index (Phi) is 5.43. The van der Waals surface area contributed by atoms with E-state index < -0.39 is 11.7 Å². The summed E-state index contributed by atoms with van der Waals surface area (Å²) in [4.78, 5) is 39.5. The number of fused-ring (bicyclic) bond motifs is 1. The number of hydrogen-bond donors (Lipinski definition) is 1. The van der Waals surface area contributed by atoms with Gasteiger partial charge in [-0.1, -0.05) is 18.2 Å². The minimum atomic E-state index is -0.635. The smallest absolute Gasteiger partial charge is 0.292 e. The number of carbonyl (C=O) groups excluding carboxylic acids is 3. The molecular weight excluding hydrogens is 358 g/mol. The molecule has 0 unspecified atom stereocenters. The molecule has 0 spiro atoms. The number of ketones is 1. The van der Waals surface area contributed by atoms with Crippen LogP contribution in [0.15, 0.2) is 30.5 Å². The predicted molar refractivity (Wildman–Crippen MR) is 104 cm³/mol. The maximum atomic E-state index is 12.8. The van der Waals surface area contributed by atoms with Gasteiger partial charge in [0.25, 0.3) is 11.7 Å². The van der Waals surface area contributed by atoms with E-state index in [9.17, 15) is 14.4 Å². The summed E-state index contributed by atoms with van der Waals surface area (Å²) in [5, 5.41) is 3.37. The van der Waals surface area contributed by atoms with Crippen LogP contribution in [-0.4, -0.2) is 59.4 Å². The molecule has 2 saturated heterocycles. The third-order valence-electron chi connectivity index (χ3n) is 5.52. The molecule has 2 fully saturated rings. The number of aromatic nitrogens is 1. The van der Waals surface area contributed by atoms with E-state index in [1.165, 1.54) is 0 Å². The highest BCUT2D eigenvalue weighted by atomic mass is 16.5. The van der Waals surface area contributed by atoms with Gasteiger partial charge in [-0.15, -0.1) is 0 Å². The molecule has 1 aromatic carbocycles. The number of hydrogen-bond acceptors (Lipinski definition) is 4. The van der Waals surface area contributed by atoms with E-state index in [0.717, 1.165) is 44.3 Å². The lowest BCUT2D eigenvalue weighted by molar-refractivity contribution is -0.130. The highest BCUT2D eigenvalue weighted by Gasteiger charge is 2.25. The van der Waals surface area contributed by atoms with Gasteiger partial charge in [0, 0.05) is 43.3 Å². The summed E-state index contributed by atoms with van der Waals surface area (Å²) in [6.45, 7) is 2.79. The zero-order valence-corrected chi connectivity index (χ0v) is 15.9. The van der Waals surface area contributed by atoms with E-state index in [1.54, 1.807) is 10.8 Å². The molecule has 7 nitrogen and oxygen atoms in total. The van der Waals surface area contributed by atoms with E-state index >= 15 is 0 Å². The third-order valence-corrected chi connectivity index (χ3v) is 5.52. The van der Waals surface area contributed by atoms with Crippen LogP contribution < -0.4 is 5.32 Å². The lowest BCUT2D eigenvalue weighted by atomic mass is 10.1. The lowest BCUT2D eigenvalue weighted by Crippen LogP contribution is -2.36.